The first-order valence-electron chi connectivity index (χ1n) is 11.2. The zero-order valence-electron chi connectivity index (χ0n) is 18.7. The van der Waals surface area contributed by atoms with Crippen molar-refractivity contribution in [2.24, 2.45) is 0 Å². The molecule has 0 saturated heterocycles. The van der Waals surface area contributed by atoms with Crippen molar-refractivity contribution in [1.29, 1.82) is 0 Å². The van der Waals surface area contributed by atoms with Crippen LogP contribution in [0.15, 0.2) is 88.3 Å². The number of hydrogen-bond donors (Lipinski definition) is 0. The van der Waals surface area contributed by atoms with Crippen molar-refractivity contribution in [1.82, 2.24) is 4.90 Å². The number of carbonyl (C=O) groups excluding carboxylic acids is 2. The van der Waals surface area contributed by atoms with E-state index in [1.165, 1.54) is 27.8 Å². The molecule has 0 saturated carbocycles. The highest BCUT2D eigenvalue weighted by Gasteiger charge is 2.43. The molecular formula is C27H23ClN2O3S. The number of fused-ring (bicyclic) bond motifs is 1. The summed E-state index contributed by atoms with van der Waals surface area (Å²) in [6.45, 7) is 3.72. The van der Waals surface area contributed by atoms with Crippen LogP contribution in [0.5, 0.6) is 5.75 Å². The number of anilines is 1. The average Bonchev–Trinajstić information content (AvgIpc) is 3.10. The van der Waals surface area contributed by atoms with Gasteiger partial charge in [0.1, 0.15) is 16.4 Å². The molecule has 0 bridgehead atoms. The Morgan fingerprint density at radius 2 is 1.62 bits per heavy atom. The third kappa shape index (κ3) is 4.31. The van der Waals surface area contributed by atoms with Gasteiger partial charge in [0, 0.05) is 23.0 Å². The normalized spacial score (nSPS) is 15.7. The molecule has 172 valence electrons. The minimum Gasteiger partial charge on any atom is -0.494 e. The highest BCUT2D eigenvalue weighted by molar-refractivity contribution is 8.04. The van der Waals surface area contributed by atoms with Gasteiger partial charge in [0.15, 0.2) is 0 Å². The largest absolute Gasteiger partial charge is 0.494 e. The summed E-state index contributed by atoms with van der Waals surface area (Å²) in [4.78, 5) is 32.0. The van der Waals surface area contributed by atoms with Crippen LogP contribution < -0.4 is 9.64 Å². The molecule has 2 heterocycles. The van der Waals surface area contributed by atoms with Gasteiger partial charge >= 0.3 is 0 Å². The second-order valence-corrected chi connectivity index (χ2v) is 9.57. The van der Waals surface area contributed by atoms with Crippen LogP contribution in [-0.2, 0) is 22.6 Å². The predicted octanol–water partition coefficient (Wildman–Crippen LogP) is 5.67. The van der Waals surface area contributed by atoms with Gasteiger partial charge < -0.3 is 9.64 Å². The lowest BCUT2D eigenvalue weighted by Gasteiger charge is -2.31. The summed E-state index contributed by atoms with van der Waals surface area (Å²) in [5.41, 5.74) is 3.44. The van der Waals surface area contributed by atoms with Crippen molar-refractivity contribution in [3.05, 3.63) is 99.5 Å². The van der Waals surface area contributed by atoms with E-state index >= 15 is 0 Å². The van der Waals surface area contributed by atoms with Gasteiger partial charge in [0.05, 0.1) is 12.3 Å². The number of carbonyl (C=O) groups is 2. The Morgan fingerprint density at radius 3 is 2.32 bits per heavy atom. The number of benzene rings is 3. The number of thioether (sulfide) groups is 1. The molecule has 34 heavy (non-hydrogen) atoms. The molecule has 2 aliphatic rings. The van der Waals surface area contributed by atoms with Crippen molar-refractivity contribution in [2.45, 2.75) is 24.8 Å². The summed E-state index contributed by atoms with van der Waals surface area (Å²) < 4.78 is 5.51. The van der Waals surface area contributed by atoms with Gasteiger partial charge in [-0.25, -0.2) is 4.90 Å². The van der Waals surface area contributed by atoms with Crippen molar-refractivity contribution < 1.29 is 14.3 Å². The lowest BCUT2D eigenvalue weighted by Crippen LogP contribution is -2.37. The number of halogens is 1. The Balaban J connectivity index is 1.52. The van der Waals surface area contributed by atoms with E-state index in [4.69, 9.17) is 16.3 Å². The minimum absolute atomic E-state index is 0.301. The number of nitrogens with zero attached hydrogens (tertiary/aromatic N) is 2. The van der Waals surface area contributed by atoms with E-state index in [2.05, 4.69) is 12.1 Å². The summed E-state index contributed by atoms with van der Waals surface area (Å²) in [6, 6.07) is 22.6. The maximum atomic E-state index is 13.7. The third-order valence-corrected chi connectivity index (χ3v) is 7.24. The summed E-state index contributed by atoms with van der Waals surface area (Å²) in [5, 5.41) is 0.621. The topological polar surface area (TPSA) is 49.9 Å². The Kier molecular flexibility index (Phi) is 6.35. The van der Waals surface area contributed by atoms with Crippen molar-refractivity contribution >= 4 is 40.9 Å². The molecular weight excluding hydrogens is 468 g/mol. The van der Waals surface area contributed by atoms with Crippen LogP contribution >= 0.6 is 23.4 Å². The molecule has 0 atom stereocenters. The van der Waals surface area contributed by atoms with E-state index in [1.807, 2.05) is 36.1 Å². The van der Waals surface area contributed by atoms with Gasteiger partial charge in [0.2, 0.25) is 0 Å². The number of hydrogen-bond acceptors (Lipinski definition) is 5. The SMILES string of the molecule is CCOc1ccc(N2C(=O)C(Sc3ccc(Cl)cc3)=C(N3CCc4ccccc4C3)C2=O)cc1. The Bertz CT molecular complexity index is 1270. The Labute approximate surface area is 208 Å². The predicted molar refractivity (Wildman–Crippen MR) is 135 cm³/mol. The molecule has 3 aromatic rings. The fourth-order valence-corrected chi connectivity index (χ4v) is 5.39. The zero-order valence-corrected chi connectivity index (χ0v) is 20.2. The van der Waals surface area contributed by atoms with Gasteiger partial charge in [-0.15, -0.1) is 0 Å². The van der Waals surface area contributed by atoms with Gasteiger partial charge in [-0.1, -0.05) is 47.6 Å². The zero-order chi connectivity index (χ0) is 23.7. The number of ether oxygens (including phenoxy) is 1. The summed E-state index contributed by atoms with van der Waals surface area (Å²) in [7, 11) is 0. The first-order chi connectivity index (χ1) is 16.5. The molecule has 5 rings (SSSR count). The monoisotopic (exact) mass is 490 g/mol. The van der Waals surface area contributed by atoms with E-state index in [1.54, 1.807) is 36.4 Å². The van der Waals surface area contributed by atoms with E-state index in [-0.39, 0.29) is 11.8 Å². The van der Waals surface area contributed by atoms with Gasteiger partial charge in [-0.2, -0.15) is 0 Å². The smallest absolute Gasteiger partial charge is 0.283 e. The van der Waals surface area contributed by atoms with Crippen LogP contribution in [0, 0.1) is 0 Å². The Morgan fingerprint density at radius 1 is 0.912 bits per heavy atom. The molecule has 0 unspecified atom stereocenters. The third-order valence-electron chi connectivity index (χ3n) is 5.90. The van der Waals surface area contributed by atoms with Crippen molar-refractivity contribution in [3.8, 4) is 5.75 Å². The molecule has 2 aliphatic heterocycles. The van der Waals surface area contributed by atoms with Gasteiger partial charge in [-0.3, -0.25) is 9.59 Å². The second-order valence-electron chi connectivity index (χ2n) is 8.05. The summed E-state index contributed by atoms with van der Waals surface area (Å²) >= 11 is 7.35. The molecule has 0 N–H and O–H groups in total. The Hall–Kier alpha value is -3.22. The fraction of sp³-hybridized carbons (Fsp3) is 0.185. The highest BCUT2D eigenvalue weighted by Crippen LogP contribution is 2.40. The number of imide groups is 1. The summed E-state index contributed by atoms with van der Waals surface area (Å²) in [6.07, 6.45) is 0.823. The van der Waals surface area contributed by atoms with Crippen molar-refractivity contribution in [2.75, 3.05) is 18.1 Å². The van der Waals surface area contributed by atoms with E-state index in [9.17, 15) is 9.59 Å². The van der Waals surface area contributed by atoms with Crippen LogP contribution in [0.3, 0.4) is 0 Å². The highest BCUT2D eigenvalue weighted by atomic mass is 35.5. The molecule has 2 amide bonds. The molecule has 0 radical (unpaired) electrons. The van der Waals surface area contributed by atoms with Crippen molar-refractivity contribution in [3.63, 3.8) is 0 Å². The lowest BCUT2D eigenvalue weighted by molar-refractivity contribution is -0.121. The van der Waals surface area contributed by atoms with E-state index in [0.29, 0.717) is 46.8 Å². The van der Waals surface area contributed by atoms with Crippen LogP contribution in [0.1, 0.15) is 18.1 Å². The minimum atomic E-state index is -0.317. The first-order valence-corrected chi connectivity index (χ1v) is 12.4. The second kappa shape index (κ2) is 9.57. The van der Waals surface area contributed by atoms with Crippen LogP contribution in [0.4, 0.5) is 5.69 Å². The summed E-state index contributed by atoms with van der Waals surface area (Å²) in [5.74, 6) is 0.0786. The van der Waals surface area contributed by atoms with E-state index < -0.39 is 0 Å². The molecule has 0 fully saturated rings. The van der Waals surface area contributed by atoms with Crippen LogP contribution in [-0.4, -0.2) is 29.9 Å². The number of rotatable bonds is 6. The van der Waals surface area contributed by atoms with Crippen LogP contribution in [0.2, 0.25) is 5.02 Å². The molecule has 0 spiro atoms. The molecule has 5 nitrogen and oxygen atoms in total. The fourth-order valence-electron chi connectivity index (χ4n) is 4.27. The van der Waals surface area contributed by atoms with Gasteiger partial charge in [-0.05, 0) is 73.0 Å². The lowest BCUT2D eigenvalue weighted by atomic mass is 9.99. The maximum Gasteiger partial charge on any atom is 0.283 e. The molecule has 3 aromatic carbocycles. The van der Waals surface area contributed by atoms with Gasteiger partial charge in [0.25, 0.3) is 11.8 Å². The van der Waals surface area contributed by atoms with Crippen LogP contribution in [0.25, 0.3) is 0 Å². The molecule has 7 heteroatoms. The molecule has 0 aromatic heterocycles. The maximum absolute atomic E-state index is 13.7. The standard InChI is InChI=1S/C27H23ClN2O3S/c1-2-33-22-11-9-21(10-12-22)30-26(31)24(29-16-15-18-5-3-4-6-19(18)17-29)25(27(30)32)34-23-13-7-20(28)8-14-23/h3-14H,2,15-17H2,1H3. The average molecular weight is 491 g/mol. The quantitative estimate of drug-likeness (QED) is 0.416. The first kappa shape index (κ1) is 22.6. The van der Waals surface area contributed by atoms with E-state index in [0.717, 1.165) is 11.3 Å². The number of amides is 2. The molecule has 0 aliphatic carbocycles.